The van der Waals surface area contributed by atoms with Crippen molar-refractivity contribution in [2.24, 2.45) is 0 Å². The van der Waals surface area contributed by atoms with Crippen molar-refractivity contribution in [3.8, 4) is 11.5 Å². The van der Waals surface area contributed by atoms with Gasteiger partial charge in [0.1, 0.15) is 4.90 Å². The van der Waals surface area contributed by atoms with E-state index < -0.39 is 16.0 Å². The molecule has 2 amide bonds. The van der Waals surface area contributed by atoms with E-state index in [4.69, 9.17) is 20.5 Å². The number of ether oxygens (including phenoxy) is 1. The van der Waals surface area contributed by atoms with Crippen LogP contribution in [0.3, 0.4) is 0 Å². The van der Waals surface area contributed by atoms with Gasteiger partial charge in [-0.25, -0.2) is 0 Å². The Hall–Kier alpha value is -3.27. The second kappa shape index (κ2) is 9.92. The van der Waals surface area contributed by atoms with Crippen molar-refractivity contribution < 1.29 is 26.9 Å². The molecule has 0 N–H and O–H groups in total. The molecule has 0 radical (unpaired) electrons. The fourth-order valence-electron chi connectivity index (χ4n) is 3.20. The normalized spacial score (nSPS) is 15.1. The van der Waals surface area contributed by atoms with Crippen LogP contribution < -0.4 is 8.92 Å². The Bertz CT molecular complexity index is 1380. The van der Waals surface area contributed by atoms with Crippen LogP contribution in [0.2, 0.25) is 5.02 Å². The largest absolute Gasteiger partial charge is 0.493 e. The van der Waals surface area contributed by atoms with E-state index in [1.54, 1.807) is 18.2 Å². The van der Waals surface area contributed by atoms with Gasteiger partial charge in [-0.1, -0.05) is 60.1 Å². The second-order valence-corrected chi connectivity index (χ2v) is 10.1. The van der Waals surface area contributed by atoms with Gasteiger partial charge >= 0.3 is 10.1 Å². The van der Waals surface area contributed by atoms with Gasteiger partial charge in [-0.2, -0.15) is 8.42 Å². The highest BCUT2D eigenvalue weighted by Gasteiger charge is 2.35. The van der Waals surface area contributed by atoms with E-state index in [1.165, 1.54) is 37.5 Å². The number of benzene rings is 3. The van der Waals surface area contributed by atoms with Gasteiger partial charge in [-0.3, -0.25) is 14.5 Å². The van der Waals surface area contributed by atoms with Crippen molar-refractivity contribution in [1.29, 1.82) is 0 Å². The van der Waals surface area contributed by atoms with Gasteiger partial charge in [-0.15, -0.1) is 0 Å². The zero-order valence-corrected chi connectivity index (χ0v) is 20.2. The van der Waals surface area contributed by atoms with Crippen LogP contribution in [0.15, 0.2) is 82.6 Å². The van der Waals surface area contributed by atoms with Crippen LogP contribution in [0.4, 0.5) is 4.79 Å². The van der Waals surface area contributed by atoms with E-state index in [-0.39, 0.29) is 38.1 Å². The molecule has 10 heteroatoms. The third-order valence-corrected chi connectivity index (χ3v) is 7.26. The van der Waals surface area contributed by atoms with E-state index >= 15 is 0 Å². The molecule has 1 fully saturated rings. The number of methoxy groups -OCH3 is 1. The molecule has 1 aliphatic rings. The highest BCUT2D eigenvalue weighted by atomic mass is 35.5. The number of carbonyl (C=O) groups excluding carboxylic acids is 2. The third-order valence-electron chi connectivity index (χ3n) is 4.83. The Labute approximate surface area is 206 Å². The molecular weight excluding hydrogens is 498 g/mol. The van der Waals surface area contributed by atoms with Crippen molar-refractivity contribution in [1.82, 2.24) is 4.90 Å². The number of nitrogens with zero attached hydrogens (tertiary/aromatic N) is 1. The highest BCUT2D eigenvalue weighted by molar-refractivity contribution is 8.18. The molecule has 34 heavy (non-hydrogen) atoms. The second-order valence-electron chi connectivity index (χ2n) is 7.14. The molecule has 1 heterocycles. The molecule has 0 atom stereocenters. The summed E-state index contributed by atoms with van der Waals surface area (Å²) in [5.74, 6) is -0.551. The fraction of sp³-hybridized carbons (Fsp3) is 0.0833. The van der Waals surface area contributed by atoms with E-state index in [9.17, 15) is 18.0 Å². The van der Waals surface area contributed by atoms with E-state index in [2.05, 4.69) is 0 Å². The number of thioether (sulfide) groups is 1. The van der Waals surface area contributed by atoms with Crippen molar-refractivity contribution >= 4 is 50.7 Å². The summed E-state index contributed by atoms with van der Waals surface area (Å²) in [5.41, 5.74) is 1.27. The number of imide groups is 1. The Kier molecular flexibility index (Phi) is 6.97. The number of rotatable bonds is 7. The lowest BCUT2D eigenvalue weighted by molar-refractivity contribution is -0.123. The molecule has 0 aliphatic carbocycles. The standard InChI is InChI=1S/C24H18ClNO6S2/c1-31-20-13-17(12-19(25)22(20)32-34(29,30)18-10-6-3-7-11-18)14-21-23(27)26(24(28)33-21)15-16-8-4-2-5-9-16/h2-14H,15H2,1H3/b21-14-. The topological polar surface area (TPSA) is 90.0 Å². The van der Waals surface area contributed by atoms with Crippen LogP contribution in [0.5, 0.6) is 11.5 Å². The van der Waals surface area contributed by atoms with Crippen LogP contribution in [0, 0.1) is 0 Å². The van der Waals surface area contributed by atoms with E-state index in [1.807, 2.05) is 30.3 Å². The summed E-state index contributed by atoms with van der Waals surface area (Å²) < 4.78 is 35.8. The average molecular weight is 516 g/mol. The van der Waals surface area contributed by atoms with Crippen molar-refractivity contribution in [3.05, 3.63) is 93.9 Å². The van der Waals surface area contributed by atoms with Gasteiger partial charge in [0.25, 0.3) is 11.1 Å². The molecule has 7 nitrogen and oxygen atoms in total. The molecule has 0 unspecified atom stereocenters. The minimum atomic E-state index is -4.15. The predicted octanol–water partition coefficient (Wildman–Crippen LogP) is 5.35. The zero-order valence-electron chi connectivity index (χ0n) is 17.8. The molecule has 3 aromatic carbocycles. The van der Waals surface area contributed by atoms with Gasteiger partial charge in [0.05, 0.1) is 23.6 Å². The number of amides is 2. The average Bonchev–Trinajstić information content (AvgIpc) is 3.09. The minimum Gasteiger partial charge on any atom is -0.493 e. The summed E-state index contributed by atoms with van der Waals surface area (Å²) in [6.07, 6.45) is 1.50. The molecule has 0 spiro atoms. The van der Waals surface area contributed by atoms with Crippen LogP contribution in [0.25, 0.3) is 6.08 Å². The molecule has 1 saturated heterocycles. The number of halogens is 1. The Balaban J connectivity index is 1.60. The van der Waals surface area contributed by atoms with Gasteiger partial charge in [-0.05, 0) is 53.2 Å². The first-order valence-corrected chi connectivity index (χ1v) is 12.5. The molecular formula is C24H18ClNO6S2. The summed E-state index contributed by atoms with van der Waals surface area (Å²) >= 11 is 7.14. The quantitative estimate of drug-likeness (QED) is 0.309. The fourth-order valence-corrected chi connectivity index (χ4v) is 5.32. The Morgan fingerprint density at radius 3 is 2.29 bits per heavy atom. The maximum Gasteiger partial charge on any atom is 0.339 e. The first-order valence-electron chi connectivity index (χ1n) is 9.95. The van der Waals surface area contributed by atoms with Crippen molar-refractivity contribution in [3.63, 3.8) is 0 Å². The summed E-state index contributed by atoms with van der Waals surface area (Å²) in [6, 6.07) is 19.7. The molecule has 0 aromatic heterocycles. The summed E-state index contributed by atoms with van der Waals surface area (Å²) in [5, 5.41) is -0.416. The molecule has 4 rings (SSSR count). The zero-order chi connectivity index (χ0) is 24.3. The van der Waals surface area contributed by atoms with Gasteiger partial charge in [0.15, 0.2) is 5.75 Å². The maximum absolute atomic E-state index is 12.8. The highest BCUT2D eigenvalue weighted by Crippen LogP contribution is 2.40. The number of carbonyl (C=O) groups is 2. The first kappa shape index (κ1) is 23.9. The third kappa shape index (κ3) is 5.11. The number of hydrogen-bond donors (Lipinski definition) is 0. The molecule has 1 aliphatic heterocycles. The summed E-state index contributed by atoms with van der Waals surface area (Å²) in [4.78, 5) is 26.6. The smallest absolute Gasteiger partial charge is 0.339 e. The molecule has 0 bridgehead atoms. The molecule has 0 saturated carbocycles. The van der Waals surface area contributed by atoms with Crippen LogP contribution in [-0.4, -0.2) is 31.6 Å². The molecule has 3 aromatic rings. The van der Waals surface area contributed by atoms with E-state index in [0.717, 1.165) is 22.2 Å². The lowest BCUT2D eigenvalue weighted by Gasteiger charge is -2.13. The SMILES string of the molecule is COc1cc(/C=C2\SC(=O)N(Cc3ccccc3)C2=O)cc(Cl)c1OS(=O)(=O)c1ccccc1. The monoisotopic (exact) mass is 515 g/mol. The van der Waals surface area contributed by atoms with Gasteiger partial charge in [0, 0.05) is 0 Å². The lowest BCUT2D eigenvalue weighted by Crippen LogP contribution is -2.27. The van der Waals surface area contributed by atoms with Gasteiger partial charge in [0.2, 0.25) is 5.75 Å². The Morgan fingerprint density at radius 2 is 1.65 bits per heavy atom. The summed E-state index contributed by atoms with van der Waals surface area (Å²) in [7, 11) is -2.81. The van der Waals surface area contributed by atoms with Gasteiger partial charge < -0.3 is 8.92 Å². The van der Waals surface area contributed by atoms with E-state index in [0.29, 0.717) is 5.56 Å². The van der Waals surface area contributed by atoms with Crippen LogP contribution in [-0.2, 0) is 21.5 Å². The first-order chi connectivity index (χ1) is 16.3. The number of hydrogen-bond acceptors (Lipinski definition) is 7. The van der Waals surface area contributed by atoms with Crippen molar-refractivity contribution in [2.75, 3.05) is 7.11 Å². The molecule has 174 valence electrons. The Morgan fingerprint density at radius 1 is 1.00 bits per heavy atom. The predicted molar refractivity (Wildman–Crippen MR) is 130 cm³/mol. The van der Waals surface area contributed by atoms with Crippen LogP contribution in [0.1, 0.15) is 11.1 Å². The van der Waals surface area contributed by atoms with Crippen LogP contribution >= 0.6 is 23.4 Å². The van der Waals surface area contributed by atoms with Crippen molar-refractivity contribution in [2.45, 2.75) is 11.4 Å². The lowest BCUT2D eigenvalue weighted by atomic mass is 10.1. The minimum absolute atomic E-state index is 0.0337. The maximum atomic E-state index is 12.8. The summed E-state index contributed by atoms with van der Waals surface area (Å²) in [6.45, 7) is 0.164.